The van der Waals surface area contributed by atoms with Gasteiger partial charge in [-0.15, -0.1) is 0 Å². The topological polar surface area (TPSA) is 34.1 Å². The van der Waals surface area contributed by atoms with E-state index >= 15 is 0 Å². The third-order valence-corrected chi connectivity index (χ3v) is 5.32. The van der Waals surface area contributed by atoms with Crippen molar-refractivity contribution in [3.05, 3.63) is 53.4 Å². The molecular formula is C15H11F7O2S. The SMILES string of the molecule is O=S(=O)(CC1=CC(F)=CCC1C(F)(F)F)c1ccc(C(F)(F)F)cc1. The summed E-state index contributed by atoms with van der Waals surface area (Å²) in [5.41, 5.74) is -1.78. The van der Waals surface area contributed by atoms with Crippen LogP contribution in [0.3, 0.4) is 0 Å². The van der Waals surface area contributed by atoms with Crippen molar-refractivity contribution in [3.8, 4) is 0 Å². The summed E-state index contributed by atoms with van der Waals surface area (Å²) >= 11 is 0. The van der Waals surface area contributed by atoms with Gasteiger partial charge in [0, 0.05) is 0 Å². The van der Waals surface area contributed by atoms with E-state index in [1.165, 1.54) is 0 Å². The summed E-state index contributed by atoms with van der Waals surface area (Å²) in [6.45, 7) is 0. The van der Waals surface area contributed by atoms with Crippen LogP contribution in [0.5, 0.6) is 0 Å². The van der Waals surface area contributed by atoms with Gasteiger partial charge in [-0.05, 0) is 48.4 Å². The molecule has 1 unspecified atom stereocenters. The van der Waals surface area contributed by atoms with Gasteiger partial charge >= 0.3 is 12.4 Å². The first-order chi connectivity index (χ1) is 11.3. The standard InChI is InChI=1S/C15H11F7O2S/c16-11-3-6-13(15(20,21)22)9(7-11)8-25(23,24)12-4-1-10(2-5-12)14(17,18)19/h1-5,7,13H,6,8H2. The Labute approximate surface area is 138 Å². The Morgan fingerprint density at radius 3 is 2.04 bits per heavy atom. The third kappa shape index (κ3) is 4.62. The van der Waals surface area contributed by atoms with Gasteiger partial charge in [-0.2, -0.15) is 26.3 Å². The van der Waals surface area contributed by atoms with Crippen LogP contribution in [0, 0.1) is 5.92 Å². The maximum absolute atomic E-state index is 13.3. The smallest absolute Gasteiger partial charge is 0.223 e. The van der Waals surface area contributed by atoms with Crippen LogP contribution in [-0.4, -0.2) is 20.3 Å². The Morgan fingerprint density at radius 1 is 1.00 bits per heavy atom. The molecule has 0 aliphatic heterocycles. The Balaban J connectivity index is 2.32. The molecule has 1 aliphatic rings. The first-order valence-electron chi connectivity index (χ1n) is 6.83. The number of alkyl halides is 6. The zero-order valence-electron chi connectivity index (χ0n) is 12.3. The number of rotatable bonds is 3. The van der Waals surface area contributed by atoms with Crippen LogP contribution in [0.4, 0.5) is 30.7 Å². The molecular weight excluding hydrogens is 377 g/mol. The van der Waals surface area contributed by atoms with Crippen LogP contribution in [0.1, 0.15) is 12.0 Å². The summed E-state index contributed by atoms with van der Waals surface area (Å²) in [4.78, 5) is -0.572. The molecule has 0 amide bonds. The Morgan fingerprint density at radius 2 is 1.56 bits per heavy atom. The van der Waals surface area contributed by atoms with Gasteiger partial charge in [0.15, 0.2) is 9.84 Å². The third-order valence-electron chi connectivity index (χ3n) is 3.61. The predicted molar refractivity (Wildman–Crippen MR) is 74.9 cm³/mol. The zero-order valence-corrected chi connectivity index (χ0v) is 13.1. The summed E-state index contributed by atoms with van der Waals surface area (Å²) in [5, 5.41) is 0. The molecule has 0 heterocycles. The van der Waals surface area contributed by atoms with E-state index in [1.54, 1.807) is 0 Å². The van der Waals surface area contributed by atoms with Crippen LogP contribution in [0.15, 0.2) is 52.7 Å². The number of hydrogen-bond donors (Lipinski definition) is 0. The molecule has 0 aromatic heterocycles. The quantitative estimate of drug-likeness (QED) is 0.695. The monoisotopic (exact) mass is 388 g/mol. The molecule has 1 aromatic carbocycles. The van der Waals surface area contributed by atoms with Gasteiger partial charge in [-0.1, -0.05) is 0 Å². The largest absolute Gasteiger partial charge is 0.416 e. The molecule has 0 bridgehead atoms. The molecule has 1 aromatic rings. The molecule has 0 saturated heterocycles. The minimum Gasteiger partial charge on any atom is -0.223 e. The highest BCUT2D eigenvalue weighted by Crippen LogP contribution is 2.39. The summed E-state index contributed by atoms with van der Waals surface area (Å²) in [7, 11) is -4.37. The lowest BCUT2D eigenvalue weighted by Gasteiger charge is -2.24. The van der Waals surface area contributed by atoms with Crippen molar-refractivity contribution in [2.24, 2.45) is 5.92 Å². The minimum absolute atomic E-state index is 0.503. The first-order valence-corrected chi connectivity index (χ1v) is 8.49. The second kappa shape index (κ2) is 6.47. The maximum atomic E-state index is 13.3. The molecule has 2 rings (SSSR count). The molecule has 0 radical (unpaired) electrons. The van der Waals surface area contributed by atoms with Gasteiger partial charge in [0.25, 0.3) is 0 Å². The van der Waals surface area contributed by atoms with Crippen molar-refractivity contribution in [2.75, 3.05) is 5.75 Å². The van der Waals surface area contributed by atoms with E-state index in [0.717, 1.165) is 0 Å². The predicted octanol–water partition coefficient (Wildman–Crippen LogP) is 4.84. The molecule has 10 heteroatoms. The summed E-state index contributed by atoms with van der Waals surface area (Å²) in [5.74, 6) is -4.28. The van der Waals surface area contributed by atoms with Gasteiger partial charge in [0.05, 0.1) is 22.1 Å². The van der Waals surface area contributed by atoms with E-state index in [4.69, 9.17) is 0 Å². The first kappa shape index (κ1) is 19.5. The number of hydrogen-bond acceptors (Lipinski definition) is 2. The van der Waals surface area contributed by atoms with Gasteiger partial charge in [-0.3, -0.25) is 0 Å². The molecule has 0 N–H and O–H groups in total. The lowest BCUT2D eigenvalue weighted by atomic mass is 9.92. The van der Waals surface area contributed by atoms with E-state index in [0.29, 0.717) is 36.4 Å². The molecule has 1 aliphatic carbocycles. The normalized spacial score (nSPS) is 19.4. The fourth-order valence-corrected chi connectivity index (χ4v) is 3.80. The fourth-order valence-electron chi connectivity index (χ4n) is 2.36. The summed E-state index contributed by atoms with van der Waals surface area (Å²) in [6, 6.07) is 2.36. The van der Waals surface area contributed by atoms with Crippen molar-refractivity contribution >= 4 is 9.84 Å². The highest BCUT2D eigenvalue weighted by atomic mass is 32.2. The van der Waals surface area contributed by atoms with Crippen molar-refractivity contribution in [1.29, 1.82) is 0 Å². The van der Waals surface area contributed by atoms with Crippen LogP contribution in [-0.2, 0) is 16.0 Å². The van der Waals surface area contributed by atoms with E-state index in [2.05, 4.69) is 0 Å². The van der Waals surface area contributed by atoms with E-state index in [1.807, 2.05) is 0 Å². The van der Waals surface area contributed by atoms with Gasteiger partial charge in [0.1, 0.15) is 5.83 Å². The highest BCUT2D eigenvalue weighted by Gasteiger charge is 2.43. The maximum Gasteiger partial charge on any atom is 0.416 e. The Kier molecular flexibility index (Phi) is 5.04. The average molecular weight is 388 g/mol. The fraction of sp³-hybridized carbons (Fsp3) is 0.333. The van der Waals surface area contributed by atoms with E-state index < -0.39 is 62.1 Å². The molecule has 0 saturated carbocycles. The second-order valence-electron chi connectivity index (χ2n) is 5.42. The average Bonchev–Trinajstić information content (AvgIpc) is 2.44. The Hall–Kier alpha value is -1.84. The van der Waals surface area contributed by atoms with Gasteiger partial charge in [0.2, 0.25) is 0 Å². The van der Waals surface area contributed by atoms with Gasteiger partial charge < -0.3 is 0 Å². The second-order valence-corrected chi connectivity index (χ2v) is 7.41. The van der Waals surface area contributed by atoms with Crippen LogP contribution < -0.4 is 0 Å². The molecule has 0 fully saturated rings. The van der Waals surface area contributed by atoms with E-state index in [9.17, 15) is 39.2 Å². The van der Waals surface area contributed by atoms with Gasteiger partial charge in [-0.25, -0.2) is 12.8 Å². The number of halogens is 7. The zero-order chi connectivity index (χ0) is 19.0. The minimum atomic E-state index is -4.77. The highest BCUT2D eigenvalue weighted by molar-refractivity contribution is 7.91. The molecule has 0 spiro atoms. The lowest BCUT2D eigenvalue weighted by Crippen LogP contribution is -2.29. The number of benzene rings is 1. The summed E-state index contributed by atoms with van der Waals surface area (Å²) in [6.07, 6.45) is -8.97. The number of sulfone groups is 1. The number of allylic oxidation sites excluding steroid dienone is 3. The molecule has 25 heavy (non-hydrogen) atoms. The van der Waals surface area contributed by atoms with E-state index in [-0.39, 0.29) is 0 Å². The van der Waals surface area contributed by atoms with Crippen LogP contribution in [0.25, 0.3) is 0 Å². The molecule has 138 valence electrons. The molecule has 1 atom stereocenters. The lowest BCUT2D eigenvalue weighted by molar-refractivity contribution is -0.163. The molecule has 2 nitrogen and oxygen atoms in total. The van der Waals surface area contributed by atoms with Crippen molar-refractivity contribution in [1.82, 2.24) is 0 Å². The van der Waals surface area contributed by atoms with Crippen LogP contribution in [0.2, 0.25) is 0 Å². The van der Waals surface area contributed by atoms with Crippen molar-refractivity contribution in [3.63, 3.8) is 0 Å². The van der Waals surface area contributed by atoms with Crippen LogP contribution >= 0.6 is 0 Å². The van der Waals surface area contributed by atoms with Crippen molar-refractivity contribution < 1.29 is 39.2 Å². The Bertz CT molecular complexity index is 800. The summed E-state index contributed by atoms with van der Waals surface area (Å²) < 4.78 is 114. The van der Waals surface area contributed by atoms with Crippen molar-refractivity contribution in [2.45, 2.75) is 23.7 Å².